The van der Waals surface area contributed by atoms with E-state index in [1.165, 1.54) is 6.42 Å². The van der Waals surface area contributed by atoms with E-state index < -0.39 is 0 Å². The first-order chi connectivity index (χ1) is 10.2. The molecule has 0 saturated carbocycles. The van der Waals surface area contributed by atoms with Crippen molar-refractivity contribution in [3.05, 3.63) is 24.4 Å². The fraction of sp³-hybridized carbons (Fsp3) is 0.706. The molecule has 21 heavy (non-hydrogen) atoms. The Morgan fingerprint density at radius 3 is 2.24 bits per heavy atom. The van der Waals surface area contributed by atoms with Crippen LogP contribution in [0.2, 0.25) is 0 Å². The average molecular weight is 298 g/mol. The molecule has 1 aliphatic heterocycles. The fourth-order valence-electron chi connectivity index (χ4n) is 1.62. The number of esters is 1. The molecule has 4 nitrogen and oxygen atoms in total. The van der Waals surface area contributed by atoms with E-state index in [4.69, 9.17) is 4.74 Å². The molecule has 0 saturated heterocycles. The fourth-order valence-corrected chi connectivity index (χ4v) is 1.62. The first-order valence-corrected chi connectivity index (χ1v) is 8.18. The van der Waals surface area contributed by atoms with Gasteiger partial charge in [0, 0.05) is 6.54 Å². The van der Waals surface area contributed by atoms with E-state index in [2.05, 4.69) is 37.1 Å². The summed E-state index contributed by atoms with van der Waals surface area (Å²) in [5.74, 6) is -0.128. The number of ether oxygens (including phenoxy) is 1. The van der Waals surface area contributed by atoms with Gasteiger partial charge < -0.3 is 10.1 Å². The first-order valence-electron chi connectivity index (χ1n) is 8.18. The molecule has 0 fully saturated rings. The predicted octanol–water partition coefficient (Wildman–Crippen LogP) is 3.70. The average Bonchev–Trinajstić information content (AvgIpc) is 2.52. The third-order valence-corrected chi connectivity index (χ3v) is 2.48. The SMILES string of the molecule is CC.CCC.CCOC(=O)CCN(CC)C1C=CC=CN1. The van der Waals surface area contributed by atoms with Gasteiger partial charge in [-0.15, -0.1) is 0 Å². The van der Waals surface area contributed by atoms with Gasteiger partial charge in [-0.3, -0.25) is 9.69 Å². The Bertz CT molecular complexity index is 289. The maximum atomic E-state index is 11.2. The van der Waals surface area contributed by atoms with E-state index in [-0.39, 0.29) is 12.1 Å². The maximum Gasteiger partial charge on any atom is 0.307 e. The van der Waals surface area contributed by atoms with E-state index >= 15 is 0 Å². The molecule has 0 radical (unpaired) electrons. The Morgan fingerprint density at radius 2 is 1.81 bits per heavy atom. The highest BCUT2D eigenvalue weighted by molar-refractivity contribution is 5.69. The van der Waals surface area contributed by atoms with Crippen molar-refractivity contribution in [2.24, 2.45) is 0 Å². The third kappa shape index (κ3) is 12.2. The molecule has 0 bridgehead atoms. The standard InChI is InChI=1S/C12H20N2O2.C3H8.C2H6/c1-3-14(10-8-12(15)16-4-2)11-7-5-6-9-13-11;1-3-2;1-2/h5-7,9,11,13H,3-4,8,10H2,1-2H3;3H2,1-2H3;1-2H3. The molecule has 1 heterocycles. The maximum absolute atomic E-state index is 11.2. The summed E-state index contributed by atoms with van der Waals surface area (Å²) in [5, 5.41) is 3.23. The van der Waals surface area contributed by atoms with Gasteiger partial charge in [0.05, 0.1) is 19.2 Å². The molecule has 1 N–H and O–H groups in total. The summed E-state index contributed by atoms with van der Waals surface area (Å²) in [7, 11) is 0. The van der Waals surface area contributed by atoms with Gasteiger partial charge in [0.25, 0.3) is 0 Å². The summed E-state index contributed by atoms with van der Waals surface area (Å²) in [6.07, 6.45) is 9.83. The van der Waals surface area contributed by atoms with Gasteiger partial charge in [-0.1, -0.05) is 47.1 Å². The van der Waals surface area contributed by atoms with Crippen LogP contribution in [0.25, 0.3) is 0 Å². The predicted molar refractivity (Wildman–Crippen MR) is 91.0 cm³/mol. The van der Waals surface area contributed by atoms with Gasteiger partial charge in [-0.2, -0.15) is 0 Å². The van der Waals surface area contributed by atoms with Crippen LogP contribution in [0.15, 0.2) is 24.4 Å². The summed E-state index contributed by atoms with van der Waals surface area (Å²) in [6, 6.07) is 0. The molecule has 0 aromatic heterocycles. The Balaban J connectivity index is 0. The number of rotatable bonds is 6. The smallest absolute Gasteiger partial charge is 0.307 e. The number of likely N-dealkylation sites (N-methyl/N-ethyl adjacent to an activating group) is 1. The lowest BCUT2D eigenvalue weighted by Gasteiger charge is -2.29. The largest absolute Gasteiger partial charge is 0.466 e. The summed E-state index contributed by atoms with van der Waals surface area (Å²) < 4.78 is 4.91. The van der Waals surface area contributed by atoms with Gasteiger partial charge in [-0.05, 0) is 31.8 Å². The second-order valence-electron chi connectivity index (χ2n) is 4.25. The number of allylic oxidation sites excluding steroid dienone is 2. The minimum absolute atomic E-state index is 0.128. The van der Waals surface area contributed by atoms with Crippen molar-refractivity contribution in [3.8, 4) is 0 Å². The van der Waals surface area contributed by atoms with Crippen LogP contribution < -0.4 is 5.32 Å². The minimum Gasteiger partial charge on any atom is -0.466 e. The molecule has 1 unspecified atom stereocenters. The van der Waals surface area contributed by atoms with E-state index in [1.54, 1.807) is 0 Å². The Morgan fingerprint density at radius 1 is 1.19 bits per heavy atom. The van der Waals surface area contributed by atoms with Crippen molar-refractivity contribution in [2.45, 2.75) is 60.5 Å². The molecule has 0 aromatic rings. The van der Waals surface area contributed by atoms with Gasteiger partial charge in [0.2, 0.25) is 0 Å². The topological polar surface area (TPSA) is 41.6 Å². The molecule has 0 aromatic carbocycles. The highest BCUT2D eigenvalue weighted by Crippen LogP contribution is 2.04. The number of hydrogen-bond donors (Lipinski definition) is 1. The summed E-state index contributed by atoms with van der Waals surface area (Å²) in [5.41, 5.74) is 0. The van der Waals surface area contributed by atoms with Crippen LogP contribution in [0, 0.1) is 0 Å². The van der Waals surface area contributed by atoms with Crippen molar-refractivity contribution in [3.63, 3.8) is 0 Å². The Hall–Kier alpha value is -1.29. The van der Waals surface area contributed by atoms with Crippen molar-refractivity contribution in [1.29, 1.82) is 0 Å². The van der Waals surface area contributed by atoms with Crippen LogP contribution in [0.4, 0.5) is 0 Å². The summed E-state index contributed by atoms with van der Waals surface area (Å²) >= 11 is 0. The molecule has 1 atom stereocenters. The third-order valence-electron chi connectivity index (χ3n) is 2.48. The lowest BCUT2D eigenvalue weighted by atomic mass is 10.2. The molecule has 124 valence electrons. The van der Waals surface area contributed by atoms with Crippen LogP contribution in [0.5, 0.6) is 0 Å². The normalized spacial score (nSPS) is 15.3. The highest BCUT2D eigenvalue weighted by Gasteiger charge is 2.15. The molecule has 4 heteroatoms. The van der Waals surface area contributed by atoms with E-state index in [0.717, 1.165) is 6.54 Å². The van der Waals surface area contributed by atoms with Crippen LogP contribution >= 0.6 is 0 Å². The van der Waals surface area contributed by atoms with E-state index in [9.17, 15) is 4.79 Å². The molecular weight excluding hydrogens is 264 g/mol. The van der Waals surface area contributed by atoms with Gasteiger partial charge in [0.15, 0.2) is 0 Å². The van der Waals surface area contributed by atoms with Gasteiger partial charge in [-0.25, -0.2) is 0 Å². The summed E-state index contributed by atoms with van der Waals surface area (Å²) in [6.45, 7) is 14.2. The number of nitrogens with zero attached hydrogens (tertiary/aromatic N) is 1. The zero-order valence-electron chi connectivity index (χ0n) is 14.7. The second-order valence-corrected chi connectivity index (χ2v) is 4.25. The first kappa shape index (κ1) is 22.0. The zero-order chi connectivity index (χ0) is 16.5. The number of carbonyl (C=O) groups excluding carboxylic acids is 1. The van der Waals surface area contributed by atoms with E-state index in [0.29, 0.717) is 19.6 Å². The minimum atomic E-state index is -0.128. The molecular formula is C17H34N2O2. The Kier molecular flexibility index (Phi) is 17.6. The number of nitrogens with one attached hydrogen (secondary N) is 1. The highest BCUT2D eigenvalue weighted by atomic mass is 16.5. The Labute approximate surface area is 131 Å². The van der Waals surface area contributed by atoms with Crippen molar-refractivity contribution in [2.75, 3.05) is 19.7 Å². The zero-order valence-corrected chi connectivity index (χ0v) is 14.7. The van der Waals surface area contributed by atoms with Crippen LogP contribution in [0.3, 0.4) is 0 Å². The van der Waals surface area contributed by atoms with Gasteiger partial charge in [0.1, 0.15) is 0 Å². The number of hydrogen-bond acceptors (Lipinski definition) is 4. The van der Waals surface area contributed by atoms with Crippen LogP contribution in [0.1, 0.15) is 54.4 Å². The summed E-state index contributed by atoms with van der Waals surface area (Å²) in [4.78, 5) is 13.4. The monoisotopic (exact) mass is 298 g/mol. The lowest BCUT2D eigenvalue weighted by Crippen LogP contribution is -2.43. The molecule has 0 amide bonds. The molecule has 1 rings (SSSR count). The number of carbonyl (C=O) groups is 1. The van der Waals surface area contributed by atoms with Crippen LogP contribution in [-0.2, 0) is 9.53 Å². The van der Waals surface area contributed by atoms with Crippen molar-refractivity contribution in [1.82, 2.24) is 10.2 Å². The van der Waals surface area contributed by atoms with E-state index in [1.807, 2.05) is 39.1 Å². The number of dihydropyridines is 1. The molecule has 0 aliphatic carbocycles. The molecule has 1 aliphatic rings. The quantitative estimate of drug-likeness (QED) is 0.759. The lowest BCUT2D eigenvalue weighted by molar-refractivity contribution is -0.143. The van der Waals surface area contributed by atoms with Crippen LogP contribution in [-0.4, -0.2) is 36.7 Å². The van der Waals surface area contributed by atoms with Gasteiger partial charge >= 0.3 is 5.97 Å². The molecule has 0 spiro atoms. The second kappa shape index (κ2) is 16.8. The van der Waals surface area contributed by atoms with Crippen molar-refractivity contribution < 1.29 is 9.53 Å². The van der Waals surface area contributed by atoms with Crippen molar-refractivity contribution >= 4 is 5.97 Å².